The Balaban J connectivity index is 2.29. The van der Waals surface area contributed by atoms with Crippen molar-refractivity contribution in [1.29, 1.82) is 0 Å². The minimum absolute atomic E-state index is 0.0739. The Morgan fingerprint density at radius 2 is 1.88 bits per heavy atom. The van der Waals surface area contributed by atoms with Gasteiger partial charge in [-0.3, -0.25) is 0 Å². The van der Waals surface area contributed by atoms with Crippen molar-refractivity contribution in [3.8, 4) is 0 Å². The van der Waals surface area contributed by atoms with Gasteiger partial charge in [0.05, 0.1) is 10.0 Å². The second-order valence-electron chi connectivity index (χ2n) is 5.07. The van der Waals surface area contributed by atoms with Crippen LogP contribution in [0.4, 0.5) is 0 Å². The Kier molecular flexibility index (Phi) is 4.02. The molecule has 0 bridgehead atoms. The first kappa shape index (κ1) is 13.2. The highest BCUT2D eigenvalue weighted by atomic mass is 35.5. The second kappa shape index (κ2) is 5.17. The van der Waals surface area contributed by atoms with Crippen LogP contribution in [0.1, 0.15) is 50.6 Å². The lowest BCUT2D eigenvalue weighted by atomic mass is 9.74. The number of halogens is 2. The quantitative estimate of drug-likeness (QED) is 0.826. The van der Waals surface area contributed by atoms with Crippen molar-refractivity contribution in [2.45, 2.75) is 45.1 Å². The van der Waals surface area contributed by atoms with Gasteiger partial charge < -0.3 is 5.73 Å². The maximum atomic E-state index is 6.46. The van der Waals surface area contributed by atoms with Gasteiger partial charge in [0.25, 0.3) is 0 Å². The van der Waals surface area contributed by atoms with Gasteiger partial charge in [-0.25, -0.2) is 0 Å². The van der Waals surface area contributed by atoms with Crippen molar-refractivity contribution < 1.29 is 0 Å². The van der Waals surface area contributed by atoms with Gasteiger partial charge in [0.15, 0.2) is 0 Å². The summed E-state index contributed by atoms with van der Waals surface area (Å²) in [5.74, 6) is 0. The van der Waals surface area contributed by atoms with Crippen LogP contribution in [0.3, 0.4) is 0 Å². The van der Waals surface area contributed by atoms with Crippen molar-refractivity contribution in [2.75, 3.05) is 0 Å². The molecule has 1 atom stereocenters. The highest BCUT2D eigenvalue weighted by Gasteiger charge is 2.38. The van der Waals surface area contributed by atoms with Crippen molar-refractivity contribution in [3.63, 3.8) is 0 Å². The first-order valence-corrected chi connectivity index (χ1v) is 7.05. The highest BCUT2D eigenvalue weighted by Crippen LogP contribution is 2.49. The van der Waals surface area contributed by atoms with E-state index in [9.17, 15) is 0 Å². The van der Waals surface area contributed by atoms with Gasteiger partial charge in [-0.2, -0.15) is 0 Å². The fourth-order valence-electron chi connectivity index (χ4n) is 3.02. The number of benzene rings is 1. The van der Waals surface area contributed by atoms with Crippen LogP contribution in [0.15, 0.2) is 18.2 Å². The SMILES string of the molecule is CCC1(C(N)c2ccc(Cl)c(Cl)c2)CCCC1. The Morgan fingerprint density at radius 1 is 1.24 bits per heavy atom. The Morgan fingerprint density at radius 3 is 2.41 bits per heavy atom. The Labute approximate surface area is 113 Å². The first-order valence-electron chi connectivity index (χ1n) is 6.29. The van der Waals surface area contributed by atoms with E-state index in [1.54, 1.807) is 0 Å². The van der Waals surface area contributed by atoms with Gasteiger partial charge in [0.1, 0.15) is 0 Å². The molecule has 1 saturated carbocycles. The first-order chi connectivity index (χ1) is 8.09. The summed E-state index contributed by atoms with van der Waals surface area (Å²) in [6.07, 6.45) is 6.18. The van der Waals surface area contributed by atoms with Crippen LogP contribution in [-0.2, 0) is 0 Å². The minimum Gasteiger partial charge on any atom is -0.323 e. The van der Waals surface area contributed by atoms with Gasteiger partial charge in [0, 0.05) is 6.04 Å². The molecule has 1 aromatic carbocycles. The van der Waals surface area contributed by atoms with Crippen LogP contribution in [0.25, 0.3) is 0 Å². The van der Waals surface area contributed by atoms with Gasteiger partial charge in [-0.15, -0.1) is 0 Å². The summed E-state index contributed by atoms with van der Waals surface area (Å²) in [4.78, 5) is 0. The standard InChI is InChI=1S/C14H19Cl2N/c1-2-14(7-3-4-8-14)13(17)10-5-6-11(15)12(16)9-10/h5-6,9,13H,2-4,7-8,17H2,1H3. The maximum absolute atomic E-state index is 6.46. The molecule has 1 aliphatic rings. The molecule has 0 spiro atoms. The van der Waals surface area contributed by atoms with E-state index in [4.69, 9.17) is 28.9 Å². The third-order valence-corrected chi connectivity index (χ3v) is 5.01. The molecule has 1 nitrogen and oxygen atoms in total. The topological polar surface area (TPSA) is 26.0 Å². The lowest BCUT2D eigenvalue weighted by molar-refractivity contribution is 0.222. The fraction of sp³-hybridized carbons (Fsp3) is 0.571. The normalized spacial score (nSPS) is 20.5. The smallest absolute Gasteiger partial charge is 0.0595 e. The van der Waals surface area contributed by atoms with Crippen molar-refractivity contribution in [1.82, 2.24) is 0 Å². The molecule has 1 fully saturated rings. The van der Waals surface area contributed by atoms with Crippen LogP contribution in [-0.4, -0.2) is 0 Å². The molecule has 2 N–H and O–H groups in total. The number of hydrogen-bond acceptors (Lipinski definition) is 1. The van der Waals surface area contributed by atoms with Crippen molar-refractivity contribution in [2.24, 2.45) is 11.1 Å². The van der Waals surface area contributed by atoms with E-state index in [2.05, 4.69) is 6.92 Å². The average Bonchev–Trinajstić information content (AvgIpc) is 2.81. The number of rotatable bonds is 3. The van der Waals surface area contributed by atoms with Crippen molar-refractivity contribution >= 4 is 23.2 Å². The van der Waals surface area contributed by atoms with E-state index in [0.717, 1.165) is 12.0 Å². The molecule has 0 radical (unpaired) electrons. The zero-order chi connectivity index (χ0) is 12.5. The third-order valence-electron chi connectivity index (χ3n) is 4.27. The lowest BCUT2D eigenvalue weighted by Gasteiger charge is -2.34. The summed E-state index contributed by atoms with van der Waals surface area (Å²) < 4.78 is 0. The van der Waals surface area contributed by atoms with Crippen LogP contribution in [0.5, 0.6) is 0 Å². The van der Waals surface area contributed by atoms with E-state index < -0.39 is 0 Å². The molecular formula is C14H19Cl2N. The molecule has 17 heavy (non-hydrogen) atoms. The monoisotopic (exact) mass is 271 g/mol. The fourth-order valence-corrected chi connectivity index (χ4v) is 3.33. The molecular weight excluding hydrogens is 253 g/mol. The summed E-state index contributed by atoms with van der Waals surface area (Å²) in [6, 6.07) is 5.85. The zero-order valence-corrected chi connectivity index (χ0v) is 11.7. The molecule has 0 aliphatic heterocycles. The zero-order valence-electron chi connectivity index (χ0n) is 10.2. The predicted molar refractivity (Wildman–Crippen MR) is 74.6 cm³/mol. The molecule has 1 aliphatic carbocycles. The van der Waals surface area contributed by atoms with Gasteiger partial charge >= 0.3 is 0 Å². The van der Waals surface area contributed by atoms with Gasteiger partial charge in [-0.1, -0.05) is 49.0 Å². The molecule has 0 heterocycles. The number of hydrogen-bond donors (Lipinski definition) is 1. The third kappa shape index (κ3) is 2.47. The van der Waals surface area contributed by atoms with E-state index >= 15 is 0 Å². The maximum Gasteiger partial charge on any atom is 0.0595 e. The molecule has 94 valence electrons. The summed E-state index contributed by atoms with van der Waals surface area (Å²) in [5, 5.41) is 1.20. The minimum atomic E-state index is 0.0739. The molecule has 0 saturated heterocycles. The molecule has 2 rings (SSSR count). The summed E-state index contributed by atoms with van der Waals surface area (Å²) >= 11 is 12.0. The predicted octanol–water partition coefficient (Wildman–Crippen LogP) is 4.96. The molecule has 0 aromatic heterocycles. The second-order valence-corrected chi connectivity index (χ2v) is 5.89. The van der Waals surface area contributed by atoms with Crippen LogP contribution in [0.2, 0.25) is 10.0 Å². The van der Waals surface area contributed by atoms with Crippen LogP contribution >= 0.6 is 23.2 Å². The summed E-state index contributed by atoms with van der Waals surface area (Å²) in [6.45, 7) is 2.24. The van der Waals surface area contributed by atoms with Gasteiger partial charge in [-0.05, 0) is 42.4 Å². The van der Waals surface area contributed by atoms with E-state index in [1.165, 1.54) is 25.7 Å². The highest BCUT2D eigenvalue weighted by molar-refractivity contribution is 6.42. The summed E-state index contributed by atoms with van der Waals surface area (Å²) in [7, 11) is 0. The van der Waals surface area contributed by atoms with E-state index in [1.807, 2.05) is 18.2 Å². The molecule has 1 unspecified atom stereocenters. The molecule has 3 heteroatoms. The van der Waals surface area contributed by atoms with Crippen LogP contribution in [0, 0.1) is 5.41 Å². The van der Waals surface area contributed by atoms with Crippen LogP contribution < -0.4 is 5.73 Å². The van der Waals surface area contributed by atoms with E-state index in [-0.39, 0.29) is 11.5 Å². The average molecular weight is 272 g/mol. The molecule has 0 amide bonds. The number of nitrogens with two attached hydrogens (primary N) is 1. The Hall–Kier alpha value is -0.240. The lowest BCUT2D eigenvalue weighted by Crippen LogP contribution is -2.31. The molecule has 1 aromatic rings. The largest absolute Gasteiger partial charge is 0.323 e. The van der Waals surface area contributed by atoms with E-state index in [0.29, 0.717) is 10.0 Å². The summed E-state index contributed by atoms with van der Waals surface area (Å²) in [5.41, 5.74) is 7.84. The van der Waals surface area contributed by atoms with Crippen molar-refractivity contribution in [3.05, 3.63) is 33.8 Å². The van der Waals surface area contributed by atoms with Gasteiger partial charge in [0.2, 0.25) is 0 Å². The Bertz CT molecular complexity index is 397.